The number of alkyl halides is 3. The molecule has 0 radical (unpaired) electrons. The summed E-state index contributed by atoms with van der Waals surface area (Å²) in [7, 11) is -6.44. The Bertz CT molecular complexity index is 1150. The van der Waals surface area contributed by atoms with Gasteiger partial charge in [-0.15, -0.1) is 0 Å². The SMILES string of the molecule is Cc1c(C(OC(C)(C)C)C(=O)O)c(OS(=O)(=O)C(F)(F)F)c2cc(F)cc(F)c2c1F. The van der Waals surface area contributed by atoms with E-state index in [4.69, 9.17) is 4.74 Å². The normalized spacial score (nSPS) is 14.0. The summed E-state index contributed by atoms with van der Waals surface area (Å²) in [5.74, 6) is -7.69. The summed E-state index contributed by atoms with van der Waals surface area (Å²) in [4.78, 5) is 11.8. The van der Waals surface area contributed by atoms with Crippen molar-refractivity contribution in [3.8, 4) is 5.75 Å². The van der Waals surface area contributed by atoms with E-state index in [0.29, 0.717) is 6.07 Å². The van der Waals surface area contributed by atoms with Gasteiger partial charge < -0.3 is 14.0 Å². The van der Waals surface area contributed by atoms with Crippen LogP contribution in [-0.2, 0) is 19.6 Å². The molecule has 1 N–H and O–H groups in total. The summed E-state index contributed by atoms with van der Waals surface area (Å²) in [6.45, 7) is 4.95. The molecular weight excluding hydrogens is 458 g/mol. The molecule has 172 valence electrons. The minimum atomic E-state index is -6.44. The van der Waals surface area contributed by atoms with Crippen molar-refractivity contribution in [2.24, 2.45) is 0 Å². The smallest absolute Gasteiger partial charge is 0.479 e. The van der Waals surface area contributed by atoms with Crippen molar-refractivity contribution < 1.29 is 53.6 Å². The quantitative estimate of drug-likeness (QED) is 0.383. The van der Waals surface area contributed by atoms with Gasteiger partial charge in [0, 0.05) is 17.0 Å². The van der Waals surface area contributed by atoms with Crippen LogP contribution in [0.2, 0.25) is 0 Å². The first-order chi connectivity index (χ1) is 13.9. The average Bonchev–Trinajstić information content (AvgIpc) is 2.55. The lowest BCUT2D eigenvalue weighted by Crippen LogP contribution is -2.31. The highest BCUT2D eigenvalue weighted by atomic mass is 32.2. The molecule has 0 heterocycles. The van der Waals surface area contributed by atoms with Gasteiger partial charge in [0.15, 0.2) is 11.9 Å². The van der Waals surface area contributed by atoms with Crippen LogP contribution in [0.15, 0.2) is 12.1 Å². The van der Waals surface area contributed by atoms with Crippen molar-refractivity contribution in [1.82, 2.24) is 0 Å². The maximum Gasteiger partial charge on any atom is 0.534 e. The molecule has 1 unspecified atom stereocenters. The van der Waals surface area contributed by atoms with E-state index >= 15 is 0 Å². The van der Waals surface area contributed by atoms with Crippen LogP contribution >= 0.6 is 0 Å². The van der Waals surface area contributed by atoms with E-state index < -0.39 is 78.4 Å². The predicted octanol–water partition coefficient (Wildman–Crippen LogP) is 4.73. The van der Waals surface area contributed by atoms with Gasteiger partial charge in [-0.2, -0.15) is 21.6 Å². The van der Waals surface area contributed by atoms with Crippen LogP contribution in [0.4, 0.5) is 26.3 Å². The third-order valence-electron chi connectivity index (χ3n) is 3.93. The Morgan fingerprint density at radius 2 is 1.65 bits per heavy atom. The zero-order chi connectivity index (χ0) is 24.1. The van der Waals surface area contributed by atoms with Gasteiger partial charge in [-0.05, 0) is 39.3 Å². The highest BCUT2D eigenvalue weighted by molar-refractivity contribution is 7.88. The van der Waals surface area contributed by atoms with Gasteiger partial charge in [-0.3, -0.25) is 0 Å². The number of carbonyl (C=O) groups is 1. The molecule has 31 heavy (non-hydrogen) atoms. The Kier molecular flexibility index (Phi) is 6.27. The van der Waals surface area contributed by atoms with E-state index in [9.17, 15) is 44.7 Å². The van der Waals surface area contributed by atoms with Crippen molar-refractivity contribution in [3.05, 3.63) is 40.7 Å². The number of ether oxygens (including phenoxy) is 1. The molecular formula is C18H16F6O6S. The van der Waals surface area contributed by atoms with Crippen LogP contribution in [0.1, 0.15) is 38.0 Å². The van der Waals surface area contributed by atoms with Crippen molar-refractivity contribution in [3.63, 3.8) is 0 Å². The van der Waals surface area contributed by atoms with Crippen molar-refractivity contribution >= 4 is 26.9 Å². The Morgan fingerprint density at radius 3 is 2.10 bits per heavy atom. The summed E-state index contributed by atoms with van der Waals surface area (Å²) in [5.41, 5.74) is -8.99. The highest BCUT2D eigenvalue weighted by Gasteiger charge is 2.50. The minimum absolute atomic E-state index is 0.215. The molecule has 0 saturated heterocycles. The summed E-state index contributed by atoms with van der Waals surface area (Å²) in [5, 5.41) is 7.40. The van der Waals surface area contributed by atoms with Crippen LogP contribution in [0.3, 0.4) is 0 Å². The van der Waals surface area contributed by atoms with Gasteiger partial charge in [0.25, 0.3) is 0 Å². The van der Waals surface area contributed by atoms with E-state index in [0.717, 1.165) is 6.92 Å². The number of carboxylic acids is 1. The molecule has 0 amide bonds. The van der Waals surface area contributed by atoms with E-state index in [1.54, 1.807) is 0 Å². The highest BCUT2D eigenvalue weighted by Crippen LogP contribution is 2.44. The number of hydrogen-bond acceptors (Lipinski definition) is 5. The van der Waals surface area contributed by atoms with E-state index in [2.05, 4.69) is 4.18 Å². The van der Waals surface area contributed by atoms with Crippen molar-refractivity contribution in [1.29, 1.82) is 0 Å². The fourth-order valence-electron chi connectivity index (χ4n) is 2.75. The van der Waals surface area contributed by atoms with Crippen LogP contribution in [0, 0.1) is 24.4 Å². The first kappa shape index (κ1) is 24.7. The number of hydrogen-bond donors (Lipinski definition) is 1. The molecule has 6 nitrogen and oxygen atoms in total. The van der Waals surface area contributed by atoms with Gasteiger partial charge in [0.2, 0.25) is 0 Å². The predicted molar refractivity (Wildman–Crippen MR) is 95.4 cm³/mol. The van der Waals surface area contributed by atoms with Crippen LogP contribution in [0.5, 0.6) is 5.75 Å². The largest absolute Gasteiger partial charge is 0.534 e. The third kappa shape index (κ3) is 4.87. The zero-order valence-electron chi connectivity index (χ0n) is 16.4. The molecule has 0 aliphatic heterocycles. The summed E-state index contributed by atoms with van der Waals surface area (Å²) in [6.07, 6.45) is -2.25. The number of halogens is 6. The minimum Gasteiger partial charge on any atom is -0.479 e. The van der Waals surface area contributed by atoms with Gasteiger partial charge in [-0.25, -0.2) is 18.0 Å². The van der Waals surface area contributed by atoms with Crippen LogP contribution in [0.25, 0.3) is 10.8 Å². The lowest BCUT2D eigenvalue weighted by Gasteiger charge is -2.28. The maximum absolute atomic E-state index is 14.9. The van der Waals surface area contributed by atoms with E-state index in [1.165, 1.54) is 20.8 Å². The lowest BCUT2D eigenvalue weighted by molar-refractivity contribution is -0.160. The summed E-state index contributed by atoms with van der Waals surface area (Å²) < 4.78 is 114. The van der Waals surface area contributed by atoms with Crippen LogP contribution < -0.4 is 4.18 Å². The fourth-order valence-corrected chi connectivity index (χ4v) is 3.24. The third-order valence-corrected chi connectivity index (χ3v) is 4.88. The van der Waals surface area contributed by atoms with Gasteiger partial charge in [0.1, 0.15) is 17.5 Å². The topological polar surface area (TPSA) is 89.9 Å². The molecule has 0 bridgehead atoms. The second-order valence-electron chi connectivity index (χ2n) is 7.42. The molecule has 0 spiro atoms. The molecule has 1 atom stereocenters. The Balaban J connectivity index is 3.06. The van der Waals surface area contributed by atoms with Crippen molar-refractivity contribution in [2.45, 2.75) is 44.9 Å². The monoisotopic (exact) mass is 474 g/mol. The first-order valence-electron chi connectivity index (χ1n) is 8.39. The Hall–Kier alpha value is -2.54. The number of benzene rings is 2. The number of rotatable bonds is 5. The summed E-state index contributed by atoms with van der Waals surface area (Å²) >= 11 is 0. The number of carboxylic acid groups (broad SMARTS) is 1. The molecule has 2 aromatic rings. The second kappa shape index (κ2) is 7.86. The number of fused-ring (bicyclic) bond motifs is 1. The second-order valence-corrected chi connectivity index (χ2v) is 8.96. The summed E-state index contributed by atoms with van der Waals surface area (Å²) in [6, 6.07) is 0.536. The Labute approximate surface area is 172 Å². The Morgan fingerprint density at radius 1 is 1.10 bits per heavy atom. The van der Waals surface area contributed by atoms with Crippen molar-refractivity contribution in [2.75, 3.05) is 0 Å². The standard InChI is InChI=1S/C18H16F6O6S/c1-7-11(15(16(25)26)29-17(2,3)4)14(30-31(27,28)18(22,23)24)9-5-8(19)6-10(20)12(9)13(7)21/h5-6,15H,1-4H3,(H,25,26). The molecule has 0 fully saturated rings. The fraction of sp³-hybridized carbons (Fsp3) is 0.389. The molecule has 0 aliphatic rings. The van der Waals surface area contributed by atoms with Gasteiger partial charge >= 0.3 is 21.6 Å². The zero-order valence-corrected chi connectivity index (χ0v) is 17.2. The number of aliphatic carboxylic acids is 1. The molecule has 0 aliphatic carbocycles. The van der Waals surface area contributed by atoms with Gasteiger partial charge in [0.05, 0.1) is 11.0 Å². The molecule has 0 saturated carbocycles. The van der Waals surface area contributed by atoms with E-state index in [-0.39, 0.29) is 6.07 Å². The van der Waals surface area contributed by atoms with Gasteiger partial charge in [-0.1, -0.05) is 0 Å². The first-order valence-corrected chi connectivity index (χ1v) is 9.80. The average molecular weight is 474 g/mol. The maximum atomic E-state index is 14.9. The van der Waals surface area contributed by atoms with Crippen LogP contribution in [-0.4, -0.2) is 30.6 Å². The molecule has 0 aromatic heterocycles. The lowest BCUT2D eigenvalue weighted by atomic mass is 9.94. The molecule has 13 heteroatoms. The molecule has 2 rings (SSSR count). The molecule has 2 aromatic carbocycles. The van der Waals surface area contributed by atoms with E-state index in [1.807, 2.05) is 0 Å².